The van der Waals surface area contributed by atoms with E-state index in [1.165, 1.54) is 12.1 Å². The second-order valence-electron chi connectivity index (χ2n) is 15.9. The Labute approximate surface area is 359 Å². The Morgan fingerprint density at radius 2 is 0.852 bits per heavy atom. The van der Waals surface area contributed by atoms with Crippen molar-refractivity contribution < 1.29 is 41.9 Å². The Morgan fingerprint density at radius 1 is 0.459 bits per heavy atom. The molecule has 0 N–H and O–H groups in total. The van der Waals surface area contributed by atoms with E-state index < -0.39 is 34.7 Å². The topological polar surface area (TPSA) is 64.6 Å². The van der Waals surface area contributed by atoms with Crippen LogP contribution in [0.3, 0.4) is 0 Å². The van der Waals surface area contributed by atoms with Crippen LogP contribution in [0.15, 0.2) is 133 Å². The second-order valence-corrected chi connectivity index (χ2v) is 15.9. The van der Waals surface area contributed by atoms with Gasteiger partial charge in [0.25, 0.3) is 0 Å². The van der Waals surface area contributed by atoms with Crippen molar-refractivity contribution in [3.05, 3.63) is 167 Å². The quantitative estimate of drug-likeness (QED) is 0.0759. The third-order valence-electron chi connectivity index (χ3n) is 11.1. The highest BCUT2D eigenvalue weighted by Crippen LogP contribution is 2.43. The highest BCUT2D eigenvalue weighted by molar-refractivity contribution is 5.47. The monoisotopic (exact) mass is 830 g/mol. The predicted octanol–water partition coefficient (Wildman–Crippen LogP) is 12.9. The zero-order valence-corrected chi connectivity index (χ0v) is 36.3. The van der Waals surface area contributed by atoms with Crippen LogP contribution >= 0.6 is 0 Å². The van der Waals surface area contributed by atoms with Crippen molar-refractivity contribution in [1.29, 1.82) is 0 Å². The standard InChI is InChI=1S/C52H56F2O7/c1-9-57-43-27-23-37(33-47(43)55-7)51(3,4)49(31-35-21-25-41(53)45(29-35)59-39-17-13-11-14-18-39)61-50(52(5,6)38-24-28-44(58-10-2)48(34-38)56-8)32-36-22-26-42(54)46(30-36)60-40-19-15-12-16-20-40/h11-30,33-34,49-50H,9-10,31-32H2,1-8H3. The summed E-state index contributed by atoms with van der Waals surface area (Å²) in [4.78, 5) is 0. The molecule has 0 amide bonds. The number of rotatable bonds is 20. The van der Waals surface area contributed by atoms with Crippen LogP contribution in [0.25, 0.3) is 0 Å². The van der Waals surface area contributed by atoms with Crippen molar-refractivity contribution >= 4 is 0 Å². The average molecular weight is 831 g/mol. The summed E-state index contributed by atoms with van der Waals surface area (Å²) < 4.78 is 73.8. The summed E-state index contributed by atoms with van der Waals surface area (Å²) in [6, 6.07) is 40.0. The van der Waals surface area contributed by atoms with Crippen LogP contribution in [0.2, 0.25) is 0 Å². The third kappa shape index (κ3) is 10.8. The number of halogens is 2. The molecule has 6 rings (SSSR count). The van der Waals surface area contributed by atoms with E-state index in [9.17, 15) is 0 Å². The molecule has 0 aliphatic carbocycles. The highest BCUT2D eigenvalue weighted by Gasteiger charge is 2.41. The molecule has 9 heteroatoms. The lowest BCUT2D eigenvalue weighted by atomic mass is 9.74. The van der Waals surface area contributed by atoms with E-state index in [1.54, 1.807) is 62.8 Å². The molecular weight excluding hydrogens is 775 g/mol. The van der Waals surface area contributed by atoms with Gasteiger partial charge in [-0.2, -0.15) is 0 Å². The van der Waals surface area contributed by atoms with Crippen LogP contribution in [-0.2, 0) is 28.4 Å². The Kier molecular flexibility index (Phi) is 14.6. The normalized spacial score (nSPS) is 12.6. The first kappa shape index (κ1) is 44.5. The first-order valence-corrected chi connectivity index (χ1v) is 20.7. The van der Waals surface area contributed by atoms with Gasteiger partial charge in [0.2, 0.25) is 0 Å². The van der Waals surface area contributed by atoms with E-state index >= 15 is 8.78 Å². The molecule has 0 saturated heterocycles. The average Bonchev–Trinajstić information content (AvgIpc) is 3.26. The van der Waals surface area contributed by atoms with Crippen molar-refractivity contribution in [2.24, 2.45) is 0 Å². The van der Waals surface area contributed by atoms with Crippen LogP contribution in [0, 0.1) is 11.6 Å². The number of hydrogen-bond donors (Lipinski definition) is 0. The molecule has 0 aliphatic rings. The zero-order valence-electron chi connectivity index (χ0n) is 36.3. The van der Waals surface area contributed by atoms with E-state index in [0.29, 0.717) is 60.6 Å². The number of hydrogen-bond acceptors (Lipinski definition) is 7. The molecule has 0 radical (unpaired) electrons. The number of para-hydroxylation sites is 2. The molecule has 0 heterocycles. The molecule has 6 aromatic carbocycles. The summed E-state index contributed by atoms with van der Waals surface area (Å²) in [5.41, 5.74) is 2.15. The smallest absolute Gasteiger partial charge is 0.165 e. The molecular formula is C52H56F2O7. The van der Waals surface area contributed by atoms with Gasteiger partial charge >= 0.3 is 0 Å². The number of methoxy groups -OCH3 is 2. The molecule has 6 aromatic rings. The van der Waals surface area contributed by atoms with Crippen LogP contribution in [0.5, 0.6) is 46.0 Å². The maximum Gasteiger partial charge on any atom is 0.165 e. The van der Waals surface area contributed by atoms with Crippen LogP contribution in [-0.4, -0.2) is 39.6 Å². The van der Waals surface area contributed by atoms with Gasteiger partial charge in [-0.1, -0.05) is 88.4 Å². The first-order valence-electron chi connectivity index (χ1n) is 20.7. The van der Waals surface area contributed by atoms with E-state index in [2.05, 4.69) is 27.7 Å². The minimum Gasteiger partial charge on any atom is -0.493 e. The van der Waals surface area contributed by atoms with Crippen molar-refractivity contribution in [1.82, 2.24) is 0 Å². The van der Waals surface area contributed by atoms with Crippen LogP contribution in [0.1, 0.15) is 63.8 Å². The minimum atomic E-state index is -0.678. The molecule has 2 atom stereocenters. The van der Waals surface area contributed by atoms with Gasteiger partial charge in [0, 0.05) is 10.8 Å². The summed E-state index contributed by atoms with van der Waals surface area (Å²) in [5.74, 6) is 2.78. The lowest BCUT2D eigenvalue weighted by Gasteiger charge is -2.43. The second kappa shape index (κ2) is 20.0. The van der Waals surface area contributed by atoms with Gasteiger partial charge in [0.05, 0.1) is 39.6 Å². The van der Waals surface area contributed by atoms with Gasteiger partial charge in [-0.3, -0.25) is 0 Å². The maximum absolute atomic E-state index is 15.4. The predicted molar refractivity (Wildman–Crippen MR) is 236 cm³/mol. The lowest BCUT2D eigenvalue weighted by molar-refractivity contribution is -0.0753. The van der Waals surface area contributed by atoms with Crippen LogP contribution < -0.4 is 28.4 Å². The Morgan fingerprint density at radius 3 is 1.21 bits per heavy atom. The van der Waals surface area contributed by atoms with Gasteiger partial charge in [0.15, 0.2) is 46.1 Å². The van der Waals surface area contributed by atoms with E-state index in [-0.39, 0.29) is 11.5 Å². The fourth-order valence-electron chi connectivity index (χ4n) is 7.37. The summed E-state index contributed by atoms with van der Waals surface area (Å²) in [5, 5.41) is 0. The van der Waals surface area contributed by atoms with Gasteiger partial charge < -0.3 is 33.2 Å². The first-order chi connectivity index (χ1) is 29.4. The molecule has 0 aromatic heterocycles. The van der Waals surface area contributed by atoms with Gasteiger partial charge in [-0.25, -0.2) is 8.78 Å². The van der Waals surface area contributed by atoms with E-state index in [0.717, 1.165) is 22.3 Å². The summed E-state index contributed by atoms with van der Waals surface area (Å²) in [6.07, 6.45) is -0.309. The van der Waals surface area contributed by atoms with Crippen molar-refractivity contribution in [2.75, 3.05) is 27.4 Å². The minimum absolute atomic E-state index is 0.110. The van der Waals surface area contributed by atoms with Gasteiger partial charge in [-0.15, -0.1) is 0 Å². The summed E-state index contributed by atoms with van der Waals surface area (Å²) in [7, 11) is 3.25. The molecule has 7 nitrogen and oxygen atoms in total. The van der Waals surface area contributed by atoms with Crippen molar-refractivity contribution in [2.45, 2.75) is 77.4 Å². The molecule has 0 saturated carbocycles. The largest absolute Gasteiger partial charge is 0.493 e. The zero-order chi connectivity index (χ0) is 43.6. The Bertz CT molecular complexity index is 2180. The number of benzene rings is 6. The molecule has 0 aliphatic heterocycles. The fourth-order valence-corrected chi connectivity index (χ4v) is 7.37. The fraction of sp³-hybridized carbons (Fsp3) is 0.308. The third-order valence-corrected chi connectivity index (χ3v) is 11.1. The molecule has 320 valence electrons. The molecule has 0 bridgehead atoms. The maximum atomic E-state index is 15.4. The lowest BCUT2D eigenvalue weighted by Crippen LogP contribution is -2.46. The van der Waals surface area contributed by atoms with E-state index in [1.807, 2.05) is 86.6 Å². The molecule has 2 unspecified atom stereocenters. The van der Waals surface area contributed by atoms with E-state index in [4.69, 9.17) is 33.2 Å². The number of ether oxygens (including phenoxy) is 7. The molecule has 0 fully saturated rings. The van der Waals surface area contributed by atoms with Crippen molar-refractivity contribution in [3.8, 4) is 46.0 Å². The summed E-state index contributed by atoms with van der Waals surface area (Å²) in [6.45, 7) is 13.3. The Balaban J connectivity index is 1.47. The Hall–Kier alpha value is -6.06. The van der Waals surface area contributed by atoms with Crippen LogP contribution in [0.4, 0.5) is 8.78 Å². The highest BCUT2D eigenvalue weighted by atomic mass is 19.1. The van der Waals surface area contributed by atoms with Gasteiger partial charge in [-0.05, 0) is 122 Å². The SMILES string of the molecule is CCOc1ccc(C(C)(C)C(Cc2ccc(F)c(Oc3ccccc3)c2)OC(Cc2ccc(F)c(Oc3ccccc3)c2)C(C)(C)c2ccc(OCC)c(OC)c2)cc1OC. The van der Waals surface area contributed by atoms with Gasteiger partial charge in [0.1, 0.15) is 11.5 Å². The molecule has 61 heavy (non-hydrogen) atoms. The van der Waals surface area contributed by atoms with Crippen molar-refractivity contribution in [3.63, 3.8) is 0 Å². The summed E-state index contributed by atoms with van der Waals surface area (Å²) >= 11 is 0. The molecule has 0 spiro atoms.